The monoisotopic (exact) mass is 887 g/mol. The first-order valence-corrected chi connectivity index (χ1v) is 27.8. The summed E-state index contributed by atoms with van der Waals surface area (Å²) in [6, 6.07) is 0. The summed E-state index contributed by atoms with van der Waals surface area (Å²) in [7, 11) is 0. The van der Waals surface area contributed by atoms with Crippen molar-refractivity contribution in [3.63, 3.8) is 0 Å². The molecule has 0 amide bonds. The molecule has 0 heterocycles. The number of esters is 3. The molecular formula is C57H106O6. The topological polar surface area (TPSA) is 78.9 Å². The van der Waals surface area contributed by atoms with Gasteiger partial charge in [-0.25, -0.2) is 0 Å². The number of unbranched alkanes of at least 4 members (excludes halogenated alkanes) is 36. The molecule has 1 unspecified atom stereocenters. The standard InChI is InChI=1S/C57H106O6/c1-4-7-10-13-16-19-22-25-27-28-29-30-33-35-38-41-44-47-50-56(59)62-53-54(52-61-55(58)49-46-43-40-37-34-31-24-21-18-15-12-9-6-3)63-57(60)51-48-45-42-39-36-32-26-23-20-17-14-11-8-5-2/h19,22,27-28,54H,4-18,20-21,23-26,29-53H2,1-3H3/b22-19-,28-27-. The molecule has 6 nitrogen and oxygen atoms in total. The molecule has 0 aromatic carbocycles. The fourth-order valence-corrected chi connectivity index (χ4v) is 8.24. The van der Waals surface area contributed by atoms with Crippen molar-refractivity contribution in [3.05, 3.63) is 24.3 Å². The summed E-state index contributed by atoms with van der Waals surface area (Å²) in [5.74, 6) is -0.858. The highest BCUT2D eigenvalue weighted by Gasteiger charge is 2.19. The Hall–Kier alpha value is -2.11. The highest BCUT2D eigenvalue weighted by Crippen LogP contribution is 2.16. The van der Waals surface area contributed by atoms with E-state index in [1.807, 2.05) is 0 Å². The second kappa shape index (κ2) is 52.5. The van der Waals surface area contributed by atoms with Gasteiger partial charge < -0.3 is 14.2 Å². The Kier molecular flexibility index (Phi) is 50.8. The summed E-state index contributed by atoms with van der Waals surface area (Å²) in [5.41, 5.74) is 0. The van der Waals surface area contributed by atoms with Crippen LogP contribution >= 0.6 is 0 Å². The van der Waals surface area contributed by atoms with Crippen LogP contribution in [0.25, 0.3) is 0 Å². The molecule has 370 valence electrons. The maximum atomic E-state index is 12.8. The predicted molar refractivity (Wildman–Crippen MR) is 270 cm³/mol. The van der Waals surface area contributed by atoms with Gasteiger partial charge in [0.2, 0.25) is 0 Å². The molecule has 0 spiro atoms. The van der Waals surface area contributed by atoms with Crippen molar-refractivity contribution in [1.82, 2.24) is 0 Å². The van der Waals surface area contributed by atoms with Crippen molar-refractivity contribution in [3.8, 4) is 0 Å². The van der Waals surface area contributed by atoms with Crippen LogP contribution in [0.2, 0.25) is 0 Å². The number of allylic oxidation sites excluding steroid dienone is 4. The zero-order chi connectivity index (χ0) is 45.8. The predicted octanol–water partition coefficient (Wildman–Crippen LogP) is 18.3. The van der Waals surface area contributed by atoms with E-state index in [4.69, 9.17) is 14.2 Å². The van der Waals surface area contributed by atoms with Gasteiger partial charge in [0.25, 0.3) is 0 Å². The second-order valence-electron chi connectivity index (χ2n) is 18.9. The molecule has 0 saturated heterocycles. The Balaban J connectivity index is 4.33. The summed E-state index contributed by atoms with van der Waals surface area (Å²) in [6.45, 7) is 6.65. The molecule has 0 aliphatic rings. The third-order valence-corrected chi connectivity index (χ3v) is 12.5. The largest absolute Gasteiger partial charge is 0.462 e. The third kappa shape index (κ3) is 50.7. The van der Waals surface area contributed by atoms with Gasteiger partial charge in [0.15, 0.2) is 6.10 Å². The van der Waals surface area contributed by atoms with Crippen LogP contribution in [0.4, 0.5) is 0 Å². The number of rotatable bonds is 51. The van der Waals surface area contributed by atoms with Gasteiger partial charge in [0.05, 0.1) is 0 Å². The van der Waals surface area contributed by atoms with E-state index in [-0.39, 0.29) is 31.1 Å². The summed E-state index contributed by atoms with van der Waals surface area (Å²) in [6.07, 6.45) is 60.1. The first kappa shape index (κ1) is 60.9. The highest BCUT2D eigenvalue weighted by atomic mass is 16.6. The van der Waals surface area contributed by atoms with Crippen LogP contribution in [-0.4, -0.2) is 37.2 Å². The first-order valence-electron chi connectivity index (χ1n) is 27.8. The molecule has 0 radical (unpaired) electrons. The van der Waals surface area contributed by atoms with Crippen molar-refractivity contribution in [2.75, 3.05) is 13.2 Å². The molecule has 0 rings (SSSR count). The lowest BCUT2D eigenvalue weighted by Gasteiger charge is -2.18. The molecule has 0 saturated carbocycles. The van der Waals surface area contributed by atoms with Crippen LogP contribution in [0, 0.1) is 0 Å². The van der Waals surface area contributed by atoms with E-state index in [1.54, 1.807) is 0 Å². The maximum absolute atomic E-state index is 12.8. The van der Waals surface area contributed by atoms with Gasteiger partial charge in [0.1, 0.15) is 13.2 Å². The zero-order valence-corrected chi connectivity index (χ0v) is 42.4. The lowest BCUT2D eigenvalue weighted by Crippen LogP contribution is -2.30. The van der Waals surface area contributed by atoms with Gasteiger partial charge in [-0.1, -0.05) is 257 Å². The fraction of sp³-hybridized carbons (Fsp3) is 0.877. The SMILES string of the molecule is CCCCCC/C=C\C/C=C\CCCCCCCCCC(=O)OCC(COC(=O)CCCCCCCCCCCCCCC)OC(=O)CCCCCCCCCCCCCCCC. The first-order chi connectivity index (χ1) is 31.0. The molecule has 63 heavy (non-hydrogen) atoms. The van der Waals surface area contributed by atoms with E-state index in [1.165, 1.54) is 193 Å². The van der Waals surface area contributed by atoms with Gasteiger partial charge in [-0.2, -0.15) is 0 Å². The minimum absolute atomic E-state index is 0.0684. The van der Waals surface area contributed by atoms with Crippen molar-refractivity contribution in [1.29, 1.82) is 0 Å². The number of carbonyl (C=O) groups excluding carboxylic acids is 3. The molecule has 0 aliphatic heterocycles. The third-order valence-electron chi connectivity index (χ3n) is 12.5. The van der Waals surface area contributed by atoms with Crippen molar-refractivity contribution >= 4 is 17.9 Å². The van der Waals surface area contributed by atoms with Crippen LogP contribution in [0.3, 0.4) is 0 Å². The Morgan fingerprint density at radius 3 is 0.889 bits per heavy atom. The number of ether oxygens (including phenoxy) is 3. The quantitative estimate of drug-likeness (QED) is 0.0262. The van der Waals surface area contributed by atoms with Crippen molar-refractivity contribution in [2.24, 2.45) is 0 Å². The van der Waals surface area contributed by atoms with Gasteiger partial charge in [-0.05, 0) is 51.4 Å². The molecule has 0 aliphatic carbocycles. The minimum Gasteiger partial charge on any atom is -0.462 e. The molecule has 0 aromatic rings. The Morgan fingerprint density at radius 1 is 0.317 bits per heavy atom. The molecule has 0 N–H and O–H groups in total. The number of hydrogen-bond acceptors (Lipinski definition) is 6. The Labute approximate surface area is 392 Å². The lowest BCUT2D eigenvalue weighted by molar-refractivity contribution is -0.167. The van der Waals surface area contributed by atoms with E-state index >= 15 is 0 Å². The highest BCUT2D eigenvalue weighted by molar-refractivity contribution is 5.71. The number of hydrogen-bond donors (Lipinski definition) is 0. The van der Waals surface area contributed by atoms with Crippen LogP contribution < -0.4 is 0 Å². The van der Waals surface area contributed by atoms with E-state index in [0.717, 1.165) is 70.6 Å². The number of carbonyl (C=O) groups is 3. The average molecular weight is 887 g/mol. The summed E-state index contributed by atoms with van der Waals surface area (Å²) in [5, 5.41) is 0. The van der Waals surface area contributed by atoms with Crippen LogP contribution in [0.1, 0.15) is 303 Å². The molecule has 1 atom stereocenters. The Bertz CT molecular complexity index is 1020. The van der Waals surface area contributed by atoms with E-state index < -0.39 is 6.10 Å². The maximum Gasteiger partial charge on any atom is 0.306 e. The van der Waals surface area contributed by atoms with Crippen molar-refractivity contribution in [2.45, 2.75) is 309 Å². The van der Waals surface area contributed by atoms with Gasteiger partial charge >= 0.3 is 17.9 Å². The molecule has 0 fully saturated rings. The summed E-state index contributed by atoms with van der Waals surface area (Å²) >= 11 is 0. The van der Waals surface area contributed by atoms with E-state index in [2.05, 4.69) is 45.1 Å². The van der Waals surface area contributed by atoms with Crippen LogP contribution in [-0.2, 0) is 28.6 Å². The van der Waals surface area contributed by atoms with E-state index in [0.29, 0.717) is 19.3 Å². The second-order valence-corrected chi connectivity index (χ2v) is 18.9. The summed E-state index contributed by atoms with van der Waals surface area (Å²) < 4.78 is 16.8. The molecule has 0 bridgehead atoms. The molecule has 6 heteroatoms. The summed E-state index contributed by atoms with van der Waals surface area (Å²) in [4.78, 5) is 38.1. The van der Waals surface area contributed by atoms with Crippen LogP contribution in [0.5, 0.6) is 0 Å². The molecular weight excluding hydrogens is 781 g/mol. The van der Waals surface area contributed by atoms with Gasteiger partial charge in [-0.3, -0.25) is 14.4 Å². The van der Waals surface area contributed by atoms with Gasteiger partial charge in [0, 0.05) is 19.3 Å². The fourth-order valence-electron chi connectivity index (χ4n) is 8.24. The lowest BCUT2D eigenvalue weighted by atomic mass is 10.0. The minimum atomic E-state index is -0.768. The molecule has 0 aromatic heterocycles. The normalized spacial score (nSPS) is 12.1. The van der Waals surface area contributed by atoms with Crippen molar-refractivity contribution < 1.29 is 28.6 Å². The van der Waals surface area contributed by atoms with Gasteiger partial charge in [-0.15, -0.1) is 0 Å². The average Bonchev–Trinajstić information content (AvgIpc) is 3.28. The van der Waals surface area contributed by atoms with Crippen LogP contribution in [0.15, 0.2) is 24.3 Å². The van der Waals surface area contributed by atoms with E-state index in [9.17, 15) is 14.4 Å². The Morgan fingerprint density at radius 2 is 0.571 bits per heavy atom. The smallest absolute Gasteiger partial charge is 0.306 e. The zero-order valence-electron chi connectivity index (χ0n) is 42.4.